The second-order valence-electron chi connectivity index (χ2n) is 7.29. The van der Waals surface area contributed by atoms with Crippen molar-refractivity contribution in [2.24, 2.45) is 5.92 Å². The summed E-state index contributed by atoms with van der Waals surface area (Å²) in [6.07, 6.45) is 3.95. The fourth-order valence-electron chi connectivity index (χ4n) is 3.34. The van der Waals surface area contributed by atoms with Crippen molar-refractivity contribution in [1.29, 1.82) is 0 Å². The van der Waals surface area contributed by atoms with E-state index in [9.17, 15) is 5.11 Å². The van der Waals surface area contributed by atoms with Gasteiger partial charge in [0, 0.05) is 23.7 Å². The van der Waals surface area contributed by atoms with Gasteiger partial charge in [-0.25, -0.2) is 9.50 Å². The van der Waals surface area contributed by atoms with Crippen LogP contribution >= 0.6 is 22.9 Å². The zero-order valence-electron chi connectivity index (χ0n) is 15.3. The number of nitrogens with one attached hydrogen (secondary N) is 1. The van der Waals surface area contributed by atoms with E-state index in [2.05, 4.69) is 27.2 Å². The standard InChI is InChI=1S/C19H24ClN5OS/c1-13-6-8-24(9-7-13)11-16(26)10-21-18-23-25-12-17(22-19(25)27-18)14-2-4-15(20)5-3-14/h2-5,12-13,16,26H,6-11H2,1H3,(H,21,23). The molecule has 27 heavy (non-hydrogen) atoms. The Morgan fingerprint density at radius 3 is 2.74 bits per heavy atom. The van der Waals surface area contributed by atoms with Crippen molar-refractivity contribution in [1.82, 2.24) is 19.5 Å². The maximum atomic E-state index is 10.3. The third-order valence-corrected chi connectivity index (χ3v) is 6.15. The Kier molecular flexibility index (Phi) is 5.63. The maximum Gasteiger partial charge on any atom is 0.214 e. The summed E-state index contributed by atoms with van der Waals surface area (Å²) in [5.74, 6) is 0.806. The lowest BCUT2D eigenvalue weighted by Crippen LogP contribution is -2.40. The van der Waals surface area contributed by atoms with Gasteiger partial charge in [0.25, 0.3) is 0 Å². The van der Waals surface area contributed by atoms with Gasteiger partial charge in [-0.2, -0.15) is 0 Å². The van der Waals surface area contributed by atoms with Crippen molar-refractivity contribution in [3.8, 4) is 11.3 Å². The van der Waals surface area contributed by atoms with E-state index in [0.29, 0.717) is 18.1 Å². The molecule has 0 bridgehead atoms. The molecule has 8 heteroatoms. The summed E-state index contributed by atoms with van der Waals surface area (Å²) in [7, 11) is 0. The van der Waals surface area contributed by atoms with Crippen LogP contribution in [0.4, 0.5) is 5.13 Å². The van der Waals surface area contributed by atoms with E-state index in [-0.39, 0.29) is 0 Å². The highest BCUT2D eigenvalue weighted by atomic mass is 35.5. The van der Waals surface area contributed by atoms with Gasteiger partial charge in [0.1, 0.15) is 0 Å². The molecule has 3 aromatic rings. The van der Waals surface area contributed by atoms with Gasteiger partial charge in [0.15, 0.2) is 0 Å². The van der Waals surface area contributed by atoms with E-state index in [1.807, 2.05) is 30.5 Å². The van der Waals surface area contributed by atoms with Gasteiger partial charge in [-0.1, -0.05) is 42.0 Å². The minimum Gasteiger partial charge on any atom is -0.390 e. The zero-order chi connectivity index (χ0) is 18.8. The van der Waals surface area contributed by atoms with E-state index >= 15 is 0 Å². The van der Waals surface area contributed by atoms with Gasteiger partial charge in [-0.3, -0.25) is 0 Å². The number of hydrogen-bond acceptors (Lipinski definition) is 6. The number of piperidine rings is 1. The van der Waals surface area contributed by atoms with Crippen molar-refractivity contribution in [3.63, 3.8) is 0 Å². The molecule has 4 rings (SSSR count). The SMILES string of the molecule is CC1CCN(CC(O)CNc2nn3cc(-c4ccc(Cl)cc4)nc3s2)CC1. The molecular formula is C19H24ClN5OS. The van der Waals surface area contributed by atoms with Crippen LogP contribution in [0.5, 0.6) is 0 Å². The van der Waals surface area contributed by atoms with Gasteiger partial charge >= 0.3 is 0 Å². The fourth-order valence-corrected chi connectivity index (χ4v) is 4.26. The molecule has 1 saturated heterocycles. The number of imidazole rings is 1. The molecule has 1 fully saturated rings. The first kappa shape index (κ1) is 18.7. The summed E-state index contributed by atoms with van der Waals surface area (Å²) >= 11 is 7.42. The average molecular weight is 406 g/mol. The molecule has 0 amide bonds. The molecule has 0 spiro atoms. The molecule has 1 aromatic carbocycles. The first-order valence-corrected chi connectivity index (χ1v) is 10.5. The molecule has 2 aromatic heterocycles. The summed E-state index contributed by atoms with van der Waals surface area (Å²) in [5, 5.41) is 19.5. The van der Waals surface area contributed by atoms with Gasteiger partial charge in [-0.05, 0) is 44.0 Å². The normalized spacial score (nSPS) is 17.4. The maximum absolute atomic E-state index is 10.3. The minimum absolute atomic E-state index is 0.403. The second-order valence-corrected chi connectivity index (χ2v) is 8.68. The molecule has 1 unspecified atom stereocenters. The lowest BCUT2D eigenvalue weighted by atomic mass is 9.99. The monoisotopic (exact) mass is 405 g/mol. The number of hydrogen-bond donors (Lipinski definition) is 2. The molecule has 144 valence electrons. The fraction of sp³-hybridized carbons (Fsp3) is 0.474. The van der Waals surface area contributed by atoms with Crippen LogP contribution in [0.25, 0.3) is 16.2 Å². The van der Waals surface area contributed by atoms with Crippen molar-refractivity contribution >= 4 is 33.0 Å². The van der Waals surface area contributed by atoms with Gasteiger partial charge < -0.3 is 15.3 Å². The van der Waals surface area contributed by atoms with E-state index in [1.54, 1.807) is 4.52 Å². The zero-order valence-corrected chi connectivity index (χ0v) is 16.9. The van der Waals surface area contributed by atoms with E-state index < -0.39 is 6.10 Å². The quantitative estimate of drug-likeness (QED) is 0.655. The Balaban J connectivity index is 1.33. The Morgan fingerprint density at radius 2 is 2.04 bits per heavy atom. The number of likely N-dealkylation sites (tertiary alicyclic amines) is 1. The van der Waals surface area contributed by atoms with Crippen LogP contribution in [0.2, 0.25) is 5.02 Å². The number of aliphatic hydroxyl groups is 1. The van der Waals surface area contributed by atoms with Crippen LogP contribution in [0.3, 0.4) is 0 Å². The lowest BCUT2D eigenvalue weighted by molar-refractivity contribution is 0.0990. The summed E-state index contributed by atoms with van der Waals surface area (Å²) in [6, 6.07) is 7.61. The van der Waals surface area contributed by atoms with E-state index in [4.69, 9.17) is 11.6 Å². The number of anilines is 1. The highest BCUT2D eigenvalue weighted by molar-refractivity contribution is 7.20. The van der Waals surface area contributed by atoms with Gasteiger partial charge in [0.2, 0.25) is 10.1 Å². The summed E-state index contributed by atoms with van der Waals surface area (Å²) in [4.78, 5) is 7.79. The van der Waals surface area contributed by atoms with Crippen molar-refractivity contribution < 1.29 is 5.11 Å². The summed E-state index contributed by atoms with van der Waals surface area (Å²) in [5.41, 5.74) is 1.88. The third-order valence-electron chi connectivity index (χ3n) is 5.02. The molecule has 0 aliphatic carbocycles. The number of aliphatic hydroxyl groups excluding tert-OH is 1. The Labute approximate surface area is 167 Å². The predicted molar refractivity (Wildman–Crippen MR) is 111 cm³/mol. The number of nitrogens with zero attached hydrogens (tertiary/aromatic N) is 4. The van der Waals surface area contributed by atoms with Crippen molar-refractivity contribution in [2.45, 2.75) is 25.9 Å². The predicted octanol–water partition coefficient (Wildman–Crippen LogP) is 3.62. The average Bonchev–Trinajstić information content (AvgIpc) is 3.21. The van der Waals surface area contributed by atoms with Crippen molar-refractivity contribution in [2.75, 3.05) is 31.5 Å². The first-order valence-electron chi connectivity index (χ1n) is 9.33. The van der Waals surface area contributed by atoms with Crippen LogP contribution in [0.1, 0.15) is 19.8 Å². The number of fused-ring (bicyclic) bond motifs is 1. The van der Waals surface area contributed by atoms with Crippen LogP contribution < -0.4 is 5.32 Å². The second kappa shape index (κ2) is 8.14. The number of benzene rings is 1. The molecule has 1 atom stereocenters. The third kappa shape index (κ3) is 4.60. The van der Waals surface area contributed by atoms with Gasteiger partial charge in [0.05, 0.1) is 18.0 Å². The van der Waals surface area contributed by atoms with E-state index in [1.165, 1.54) is 24.2 Å². The minimum atomic E-state index is -0.403. The van der Waals surface area contributed by atoms with Crippen LogP contribution in [-0.2, 0) is 0 Å². The molecule has 2 N–H and O–H groups in total. The highest BCUT2D eigenvalue weighted by Gasteiger charge is 2.18. The Hall–Kier alpha value is -1.67. The molecule has 0 saturated carbocycles. The number of halogens is 1. The summed E-state index contributed by atoms with van der Waals surface area (Å²) < 4.78 is 1.77. The largest absolute Gasteiger partial charge is 0.390 e. The van der Waals surface area contributed by atoms with Crippen molar-refractivity contribution in [3.05, 3.63) is 35.5 Å². The molecule has 6 nitrogen and oxygen atoms in total. The topological polar surface area (TPSA) is 65.7 Å². The molecule has 0 radical (unpaired) electrons. The molecule has 1 aliphatic rings. The van der Waals surface area contributed by atoms with Crippen LogP contribution in [0, 0.1) is 5.92 Å². The Morgan fingerprint density at radius 1 is 1.30 bits per heavy atom. The molecular weight excluding hydrogens is 382 g/mol. The van der Waals surface area contributed by atoms with Gasteiger partial charge in [-0.15, -0.1) is 5.10 Å². The smallest absolute Gasteiger partial charge is 0.214 e. The number of rotatable bonds is 6. The molecule has 1 aliphatic heterocycles. The summed E-state index contributed by atoms with van der Waals surface area (Å²) in [6.45, 7) is 5.66. The lowest BCUT2D eigenvalue weighted by Gasteiger charge is -2.31. The highest BCUT2D eigenvalue weighted by Crippen LogP contribution is 2.25. The van der Waals surface area contributed by atoms with E-state index in [0.717, 1.165) is 40.4 Å². The Bertz CT molecular complexity index is 854. The number of aromatic nitrogens is 3. The van der Waals surface area contributed by atoms with Crippen LogP contribution in [-0.4, -0.2) is 56.9 Å². The first-order chi connectivity index (χ1) is 13.1. The number of β-amino-alcohol motifs (C(OH)–C–C–N with tert-alkyl or cyclic N) is 1. The van der Waals surface area contributed by atoms with Crippen LogP contribution in [0.15, 0.2) is 30.5 Å². The molecule has 3 heterocycles.